The Balaban J connectivity index is 0.000000654. The predicted molar refractivity (Wildman–Crippen MR) is 146 cm³/mol. The molecule has 7 nitrogen and oxygen atoms in total. The molecule has 3 aromatic rings. The number of aldehydes is 1. The van der Waals surface area contributed by atoms with Crippen LogP contribution in [-0.2, 0) is 14.3 Å². The molecule has 1 atom stereocenters. The quantitative estimate of drug-likeness (QED) is 0.321. The summed E-state index contributed by atoms with van der Waals surface area (Å²) in [5.41, 5.74) is 2.22. The molecule has 0 bridgehead atoms. The van der Waals surface area contributed by atoms with Gasteiger partial charge in [0.1, 0.15) is 12.1 Å². The maximum absolute atomic E-state index is 9.34. The lowest BCUT2D eigenvalue weighted by atomic mass is 10.1. The first-order chi connectivity index (χ1) is 16.5. The number of hydrogen-bond acceptors (Lipinski definition) is 5. The number of ether oxygens (including phenoxy) is 1. The fraction of sp³-hybridized carbons (Fsp3) is 0.500. The van der Waals surface area contributed by atoms with Gasteiger partial charge < -0.3 is 19.8 Å². The number of halogens is 1. The summed E-state index contributed by atoms with van der Waals surface area (Å²) in [6, 6.07) is 11.1. The summed E-state index contributed by atoms with van der Waals surface area (Å²) in [6.45, 7) is 9.53. The predicted octanol–water partition coefficient (Wildman–Crippen LogP) is 5.88. The van der Waals surface area contributed by atoms with Crippen molar-refractivity contribution in [3.63, 3.8) is 0 Å². The van der Waals surface area contributed by atoms with Crippen molar-refractivity contribution >= 4 is 50.4 Å². The minimum absolute atomic E-state index is 0.115. The minimum Gasteiger partial charge on any atom is -0.388 e. The van der Waals surface area contributed by atoms with Crippen LogP contribution < -0.4 is 5.32 Å². The van der Waals surface area contributed by atoms with E-state index in [9.17, 15) is 9.59 Å². The summed E-state index contributed by atoms with van der Waals surface area (Å²) >= 11 is 3.53. The first-order valence-electron chi connectivity index (χ1n) is 11.8. The molecule has 2 N–H and O–H groups in total. The Labute approximate surface area is 212 Å². The molecule has 34 heavy (non-hydrogen) atoms. The van der Waals surface area contributed by atoms with E-state index < -0.39 is 0 Å². The van der Waals surface area contributed by atoms with Crippen LogP contribution in [0.2, 0.25) is 0 Å². The van der Waals surface area contributed by atoms with E-state index in [1.807, 2.05) is 13.8 Å². The molecule has 2 aromatic carbocycles. The summed E-state index contributed by atoms with van der Waals surface area (Å²) in [5, 5.41) is 4.59. The van der Waals surface area contributed by atoms with Crippen molar-refractivity contribution in [2.45, 2.75) is 53.0 Å². The number of H-pyrrole nitrogens is 1. The van der Waals surface area contributed by atoms with E-state index in [-0.39, 0.29) is 6.54 Å². The van der Waals surface area contributed by atoms with Crippen LogP contribution in [0, 0.1) is 0 Å². The smallest absolute Gasteiger partial charge is 0.207 e. The number of hydrogen-bond donors (Lipinski definition) is 2. The van der Waals surface area contributed by atoms with E-state index in [0.29, 0.717) is 18.7 Å². The summed E-state index contributed by atoms with van der Waals surface area (Å²) in [4.78, 5) is 29.4. The lowest BCUT2D eigenvalue weighted by Crippen LogP contribution is -2.18. The van der Waals surface area contributed by atoms with Gasteiger partial charge >= 0.3 is 0 Å². The first-order valence-corrected chi connectivity index (χ1v) is 12.5. The number of aromatic amines is 1. The molecular weight excluding hydrogens is 496 g/mol. The van der Waals surface area contributed by atoms with Crippen molar-refractivity contribution in [1.82, 2.24) is 20.2 Å². The fourth-order valence-electron chi connectivity index (χ4n) is 3.30. The van der Waals surface area contributed by atoms with E-state index in [0.717, 1.165) is 27.9 Å². The number of methoxy groups -OCH3 is 1. The molecule has 2 heterocycles. The molecule has 1 unspecified atom stereocenters. The zero-order valence-electron chi connectivity index (χ0n) is 21.7. The van der Waals surface area contributed by atoms with E-state index in [1.54, 1.807) is 14.2 Å². The van der Waals surface area contributed by atoms with Gasteiger partial charge in [-0.15, -0.1) is 0 Å². The molecule has 190 valence electrons. The zero-order chi connectivity index (χ0) is 25.9. The number of likely N-dealkylation sites (tertiary alicyclic amines) is 1. The molecule has 0 radical (unpaired) electrons. The lowest BCUT2D eigenvalue weighted by Gasteiger charge is -2.16. The highest BCUT2D eigenvalue weighted by atomic mass is 79.9. The summed E-state index contributed by atoms with van der Waals surface area (Å²) in [7, 11) is 5.43. The van der Waals surface area contributed by atoms with Crippen LogP contribution in [0.25, 0.3) is 21.8 Å². The lowest BCUT2D eigenvalue weighted by molar-refractivity contribution is -0.113. The number of rotatable bonds is 4. The Hall–Kier alpha value is -2.29. The van der Waals surface area contributed by atoms with Gasteiger partial charge in [0.15, 0.2) is 0 Å². The van der Waals surface area contributed by atoms with Crippen LogP contribution >= 0.6 is 15.9 Å². The van der Waals surface area contributed by atoms with Crippen molar-refractivity contribution in [3.8, 4) is 0 Å². The summed E-state index contributed by atoms with van der Waals surface area (Å²) in [6.07, 6.45) is 4.80. The second kappa shape index (κ2) is 19.1. The van der Waals surface area contributed by atoms with Gasteiger partial charge in [0.05, 0.1) is 23.6 Å². The van der Waals surface area contributed by atoms with Gasteiger partial charge in [0, 0.05) is 24.1 Å². The largest absolute Gasteiger partial charge is 0.388 e. The maximum Gasteiger partial charge on any atom is 0.207 e. The highest BCUT2D eigenvalue weighted by Crippen LogP contribution is 2.32. The molecule has 1 aliphatic rings. The van der Waals surface area contributed by atoms with Gasteiger partial charge in [0.2, 0.25) is 6.41 Å². The number of fused-ring (bicyclic) bond motifs is 3. The Kier molecular flexibility index (Phi) is 17.8. The second-order valence-corrected chi connectivity index (χ2v) is 8.31. The molecule has 4 rings (SSSR count). The molecule has 1 aliphatic heterocycles. The monoisotopic (exact) mass is 536 g/mol. The molecular formula is C26H41BrN4O3. The number of nitrogens with one attached hydrogen (secondary N) is 2. The van der Waals surface area contributed by atoms with Crippen LogP contribution in [0.15, 0.2) is 34.8 Å². The Morgan fingerprint density at radius 1 is 1.21 bits per heavy atom. The molecule has 0 spiro atoms. The van der Waals surface area contributed by atoms with Gasteiger partial charge in [-0.1, -0.05) is 62.2 Å². The van der Waals surface area contributed by atoms with Gasteiger partial charge in [-0.25, -0.2) is 4.98 Å². The molecule has 8 heteroatoms. The van der Waals surface area contributed by atoms with Gasteiger partial charge in [-0.2, -0.15) is 0 Å². The van der Waals surface area contributed by atoms with Gasteiger partial charge in [-0.05, 0) is 50.0 Å². The van der Waals surface area contributed by atoms with Crippen LogP contribution in [0.5, 0.6) is 0 Å². The molecule has 1 saturated heterocycles. The topological polar surface area (TPSA) is 87.3 Å². The van der Waals surface area contributed by atoms with Crippen LogP contribution in [0.3, 0.4) is 0 Å². The average Bonchev–Trinajstić information content (AvgIpc) is 3.46. The highest BCUT2D eigenvalue weighted by molar-refractivity contribution is 9.10. The van der Waals surface area contributed by atoms with Crippen molar-refractivity contribution in [3.05, 3.63) is 40.6 Å². The first kappa shape index (κ1) is 31.7. The van der Waals surface area contributed by atoms with Crippen LogP contribution in [-0.4, -0.2) is 61.9 Å². The molecule has 1 aromatic heterocycles. The molecule has 0 aliphatic carbocycles. The Morgan fingerprint density at radius 3 is 2.35 bits per heavy atom. The Bertz CT molecular complexity index is 952. The standard InChI is InChI=1S/C16H16BrN3.C3H5NO2.C3H8.C2H6O.C2H6/c1-20-8-2-3-14(20)16-18-13-7-4-10-9-11(17)5-6-12(10)15(13)19-16;5-2-1-4-3-6;2*1-3-2;1-2/h4-7,9,14H,2-3,8H2,1H3,(H,18,19);2-3H,1H2,(H,4,6);3H2,1-2H3;1-2H3;1-2H3. The van der Waals surface area contributed by atoms with Crippen LogP contribution in [0.1, 0.15) is 58.8 Å². The van der Waals surface area contributed by atoms with E-state index in [4.69, 9.17) is 4.98 Å². The maximum atomic E-state index is 9.34. The number of aromatic nitrogens is 2. The second-order valence-electron chi connectivity index (χ2n) is 7.40. The van der Waals surface area contributed by atoms with Crippen LogP contribution in [0.4, 0.5) is 0 Å². The summed E-state index contributed by atoms with van der Waals surface area (Å²) < 4.78 is 5.36. The summed E-state index contributed by atoms with van der Waals surface area (Å²) in [5.74, 6) is 1.11. The molecule has 1 amide bonds. The van der Waals surface area contributed by atoms with Crippen molar-refractivity contribution < 1.29 is 14.3 Å². The van der Waals surface area contributed by atoms with E-state index in [1.165, 1.54) is 30.0 Å². The number of nitrogens with zero attached hydrogens (tertiary/aromatic N) is 2. The van der Waals surface area contributed by atoms with Gasteiger partial charge in [0.25, 0.3) is 0 Å². The minimum atomic E-state index is 0.115. The number of amides is 1. The van der Waals surface area contributed by atoms with Crippen molar-refractivity contribution in [1.29, 1.82) is 0 Å². The zero-order valence-corrected chi connectivity index (χ0v) is 23.2. The van der Waals surface area contributed by atoms with E-state index in [2.05, 4.69) is 87.1 Å². The number of carbonyl (C=O) groups excluding carboxylic acids is 2. The third-order valence-corrected chi connectivity index (χ3v) is 5.06. The normalized spacial score (nSPS) is 14.3. The number of benzene rings is 2. The van der Waals surface area contributed by atoms with Crippen molar-refractivity contribution in [2.75, 3.05) is 34.4 Å². The SMILES string of the molecule is CC.CCC.CN1CCCC1c1nc2c(ccc3cc(Br)ccc32)[nH]1.COC.O=CCNC=O. The fourth-order valence-corrected chi connectivity index (χ4v) is 3.68. The highest BCUT2D eigenvalue weighted by Gasteiger charge is 2.25. The third kappa shape index (κ3) is 10.3. The van der Waals surface area contributed by atoms with Gasteiger partial charge in [-0.3, -0.25) is 9.69 Å². The number of imidazole rings is 1. The van der Waals surface area contributed by atoms with E-state index >= 15 is 0 Å². The Morgan fingerprint density at radius 2 is 1.85 bits per heavy atom. The molecule has 1 fully saturated rings. The van der Waals surface area contributed by atoms with Crippen molar-refractivity contribution in [2.24, 2.45) is 0 Å². The average molecular weight is 538 g/mol. The number of carbonyl (C=O) groups is 2. The molecule has 0 saturated carbocycles. The third-order valence-electron chi connectivity index (χ3n) is 4.57.